The predicted molar refractivity (Wildman–Crippen MR) is 82.2 cm³/mol. The van der Waals surface area contributed by atoms with Crippen LogP contribution in [-0.2, 0) is 16.0 Å². The van der Waals surface area contributed by atoms with E-state index in [0.29, 0.717) is 19.8 Å². The molecule has 3 rings (SSSR count). The van der Waals surface area contributed by atoms with Crippen molar-refractivity contribution in [3.63, 3.8) is 0 Å². The van der Waals surface area contributed by atoms with Crippen LogP contribution in [0, 0.1) is 0 Å². The smallest absolute Gasteiger partial charge is 0.239 e. The van der Waals surface area contributed by atoms with Crippen LogP contribution in [0.4, 0.5) is 0 Å². The molecule has 21 heavy (non-hydrogen) atoms. The zero-order valence-corrected chi connectivity index (χ0v) is 12.0. The Hall–Kier alpha value is -1.85. The van der Waals surface area contributed by atoms with Gasteiger partial charge >= 0.3 is 0 Å². The van der Waals surface area contributed by atoms with E-state index in [-0.39, 0.29) is 11.9 Å². The third-order valence-electron chi connectivity index (χ3n) is 3.84. The summed E-state index contributed by atoms with van der Waals surface area (Å²) in [5.41, 5.74) is 2.47. The summed E-state index contributed by atoms with van der Waals surface area (Å²) in [5, 5.41) is 7.40. The SMILES string of the molecule is O=C(NCCCc1c[nH]c2ccccc12)C1COCCN1. The van der Waals surface area contributed by atoms with Gasteiger partial charge in [0.2, 0.25) is 5.91 Å². The fourth-order valence-corrected chi connectivity index (χ4v) is 2.69. The lowest BCUT2D eigenvalue weighted by Gasteiger charge is -2.22. The number of para-hydroxylation sites is 1. The molecule has 1 fully saturated rings. The Balaban J connectivity index is 1.44. The van der Waals surface area contributed by atoms with Crippen LogP contribution < -0.4 is 10.6 Å². The first-order valence-electron chi connectivity index (χ1n) is 7.48. The minimum Gasteiger partial charge on any atom is -0.378 e. The van der Waals surface area contributed by atoms with Crippen molar-refractivity contribution in [3.05, 3.63) is 36.0 Å². The van der Waals surface area contributed by atoms with Crippen LogP contribution in [0.2, 0.25) is 0 Å². The summed E-state index contributed by atoms with van der Waals surface area (Å²) < 4.78 is 5.29. The standard InChI is InChI=1S/C16H21N3O2/c20-16(15-11-21-9-8-17-15)18-7-3-4-12-10-19-14-6-2-1-5-13(12)14/h1-2,5-6,10,15,17,19H,3-4,7-9,11H2,(H,18,20). The van der Waals surface area contributed by atoms with Gasteiger partial charge in [0.25, 0.3) is 0 Å². The van der Waals surface area contributed by atoms with E-state index in [1.54, 1.807) is 0 Å². The molecule has 1 aromatic carbocycles. The molecule has 1 atom stereocenters. The molecule has 0 spiro atoms. The van der Waals surface area contributed by atoms with E-state index in [1.165, 1.54) is 16.5 Å². The number of carbonyl (C=O) groups excluding carboxylic acids is 1. The fourth-order valence-electron chi connectivity index (χ4n) is 2.69. The number of carbonyl (C=O) groups is 1. The molecule has 1 saturated heterocycles. The number of rotatable bonds is 5. The summed E-state index contributed by atoms with van der Waals surface area (Å²) in [5.74, 6) is 0.0358. The average Bonchev–Trinajstić information content (AvgIpc) is 2.95. The molecule has 3 N–H and O–H groups in total. The number of fused-ring (bicyclic) bond motifs is 1. The monoisotopic (exact) mass is 287 g/mol. The second kappa shape index (κ2) is 6.74. The van der Waals surface area contributed by atoms with Gasteiger partial charge in [-0.15, -0.1) is 0 Å². The highest BCUT2D eigenvalue weighted by molar-refractivity contribution is 5.83. The number of H-pyrrole nitrogens is 1. The third-order valence-corrected chi connectivity index (χ3v) is 3.84. The van der Waals surface area contributed by atoms with Crippen LogP contribution in [0.15, 0.2) is 30.5 Å². The summed E-state index contributed by atoms with van der Waals surface area (Å²) in [6.07, 6.45) is 3.95. The molecule has 0 radical (unpaired) electrons. The maximum atomic E-state index is 11.9. The molecule has 2 heterocycles. The highest BCUT2D eigenvalue weighted by Gasteiger charge is 2.20. The number of aromatic amines is 1. The van der Waals surface area contributed by atoms with E-state index in [2.05, 4.69) is 40.0 Å². The quantitative estimate of drug-likeness (QED) is 0.724. The van der Waals surface area contributed by atoms with Crippen molar-refractivity contribution >= 4 is 16.8 Å². The molecule has 1 unspecified atom stereocenters. The Bertz CT molecular complexity index is 602. The molecule has 112 valence electrons. The Kier molecular flexibility index (Phi) is 4.52. The zero-order valence-electron chi connectivity index (χ0n) is 12.0. The van der Waals surface area contributed by atoms with Crippen molar-refractivity contribution in [2.45, 2.75) is 18.9 Å². The number of aryl methyl sites for hydroxylation is 1. The van der Waals surface area contributed by atoms with Gasteiger partial charge in [-0.1, -0.05) is 18.2 Å². The first kappa shape index (κ1) is 14.1. The van der Waals surface area contributed by atoms with Crippen molar-refractivity contribution in [3.8, 4) is 0 Å². The molecule has 2 aromatic rings. The van der Waals surface area contributed by atoms with Gasteiger partial charge in [0.1, 0.15) is 6.04 Å². The fraction of sp³-hybridized carbons (Fsp3) is 0.438. The summed E-state index contributed by atoms with van der Waals surface area (Å²) in [6, 6.07) is 8.09. The van der Waals surface area contributed by atoms with Gasteiger partial charge in [0.15, 0.2) is 0 Å². The summed E-state index contributed by atoms with van der Waals surface area (Å²) in [7, 11) is 0. The van der Waals surface area contributed by atoms with Crippen LogP contribution in [-0.4, -0.2) is 43.2 Å². The molecule has 1 aromatic heterocycles. The molecule has 5 heteroatoms. The van der Waals surface area contributed by atoms with Gasteiger partial charge in [0.05, 0.1) is 13.2 Å². The lowest BCUT2D eigenvalue weighted by molar-refractivity contribution is -0.125. The van der Waals surface area contributed by atoms with Crippen molar-refractivity contribution in [2.24, 2.45) is 0 Å². The normalized spacial score (nSPS) is 18.8. The van der Waals surface area contributed by atoms with Crippen LogP contribution in [0.3, 0.4) is 0 Å². The predicted octanol–water partition coefficient (Wildman–Crippen LogP) is 1.21. The highest BCUT2D eigenvalue weighted by atomic mass is 16.5. The summed E-state index contributed by atoms with van der Waals surface area (Å²) in [6.45, 7) is 2.59. The van der Waals surface area contributed by atoms with Gasteiger partial charge in [-0.2, -0.15) is 0 Å². The molecule has 1 aliphatic heterocycles. The minimum absolute atomic E-state index is 0.0358. The van der Waals surface area contributed by atoms with E-state index in [9.17, 15) is 4.79 Å². The molecule has 0 aliphatic carbocycles. The molecule has 5 nitrogen and oxygen atoms in total. The topological polar surface area (TPSA) is 66.2 Å². The lowest BCUT2D eigenvalue weighted by Crippen LogP contribution is -2.51. The molecule has 1 aliphatic rings. The maximum Gasteiger partial charge on any atom is 0.239 e. The average molecular weight is 287 g/mol. The first-order chi connectivity index (χ1) is 10.3. The Labute approximate surface area is 124 Å². The number of morpholine rings is 1. The van der Waals surface area contributed by atoms with Crippen LogP contribution in [0.5, 0.6) is 0 Å². The highest BCUT2D eigenvalue weighted by Crippen LogP contribution is 2.18. The number of hydrogen-bond donors (Lipinski definition) is 3. The lowest BCUT2D eigenvalue weighted by atomic mass is 10.1. The van der Waals surface area contributed by atoms with Crippen molar-refractivity contribution < 1.29 is 9.53 Å². The Morgan fingerprint density at radius 3 is 3.14 bits per heavy atom. The van der Waals surface area contributed by atoms with Gasteiger partial charge in [-0.05, 0) is 24.5 Å². The molecule has 0 bridgehead atoms. The summed E-state index contributed by atoms with van der Waals surface area (Å²) >= 11 is 0. The zero-order chi connectivity index (χ0) is 14.5. The van der Waals surface area contributed by atoms with E-state index in [4.69, 9.17) is 4.74 Å². The minimum atomic E-state index is -0.202. The molecule has 0 saturated carbocycles. The third kappa shape index (κ3) is 3.43. The van der Waals surface area contributed by atoms with Crippen LogP contribution in [0.25, 0.3) is 10.9 Å². The van der Waals surface area contributed by atoms with E-state index < -0.39 is 0 Å². The van der Waals surface area contributed by atoms with Gasteiger partial charge in [0, 0.05) is 30.2 Å². The number of amides is 1. The van der Waals surface area contributed by atoms with Crippen molar-refractivity contribution in [1.29, 1.82) is 0 Å². The number of nitrogens with one attached hydrogen (secondary N) is 3. The maximum absolute atomic E-state index is 11.9. The van der Waals surface area contributed by atoms with Gasteiger partial charge in [-0.3, -0.25) is 4.79 Å². The molecular formula is C16H21N3O2. The van der Waals surface area contributed by atoms with Gasteiger partial charge < -0.3 is 20.4 Å². The Morgan fingerprint density at radius 2 is 2.29 bits per heavy atom. The van der Waals surface area contributed by atoms with Crippen LogP contribution >= 0.6 is 0 Å². The number of hydrogen-bond acceptors (Lipinski definition) is 3. The van der Waals surface area contributed by atoms with Crippen LogP contribution in [0.1, 0.15) is 12.0 Å². The van der Waals surface area contributed by atoms with Crippen molar-refractivity contribution in [1.82, 2.24) is 15.6 Å². The summed E-state index contributed by atoms with van der Waals surface area (Å²) in [4.78, 5) is 15.2. The van der Waals surface area contributed by atoms with Gasteiger partial charge in [-0.25, -0.2) is 0 Å². The number of ether oxygens (including phenoxy) is 1. The largest absolute Gasteiger partial charge is 0.378 e. The molecular weight excluding hydrogens is 266 g/mol. The van der Waals surface area contributed by atoms with Crippen molar-refractivity contribution in [2.75, 3.05) is 26.3 Å². The molecule has 1 amide bonds. The Morgan fingerprint density at radius 1 is 1.38 bits per heavy atom. The number of benzene rings is 1. The van der Waals surface area contributed by atoms with E-state index in [0.717, 1.165) is 19.4 Å². The second-order valence-electron chi connectivity index (χ2n) is 5.34. The van der Waals surface area contributed by atoms with E-state index in [1.807, 2.05) is 6.07 Å². The second-order valence-corrected chi connectivity index (χ2v) is 5.34. The number of aromatic nitrogens is 1. The first-order valence-corrected chi connectivity index (χ1v) is 7.48. The van der Waals surface area contributed by atoms with E-state index >= 15 is 0 Å².